The smallest absolute Gasteiger partial charge is 0.322 e. The molecule has 1 saturated carbocycles. The maximum absolute atomic E-state index is 13.0. The van der Waals surface area contributed by atoms with Gasteiger partial charge in [0.25, 0.3) is 0 Å². The van der Waals surface area contributed by atoms with E-state index < -0.39 is 0 Å². The minimum Gasteiger partial charge on any atom is -0.330 e. The van der Waals surface area contributed by atoms with Crippen LogP contribution in [0.25, 0.3) is 0 Å². The highest BCUT2D eigenvalue weighted by atomic mass is 16.2. The van der Waals surface area contributed by atoms with E-state index in [0.29, 0.717) is 18.4 Å². The molecular formula is C26H36N8O. The number of aromatic nitrogens is 2. The fourth-order valence-corrected chi connectivity index (χ4v) is 5.77. The second kappa shape index (κ2) is 8.80. The van der Waals surface area contributed by atoms with Gasteiger partial charge in [-0.15, -0.1) is 5.53 Å². The van der Waals surface area contributed by atoms with Crippen LogP contribution in [0.4, 0.5) is 16.4 Å². The van der Waals surface area contributed by atoms with Gasteiger partial charge in [-0.25, -0.2) is 19.8 Å². The highest BCUT2D eigenvalue weighted by Crippen LogP contribution is 2.46. The Labute approximate surface area is 207 Å². The quantitative estimate of drug-likeness (QED) is 0.684. The average molecular weight is 477 g/mol. The first-order valence-electron chi connectivity index (χ1n) is 12.4. The fraction of sp³-hybridized carbons (Fsp3) is 0.500. The van der Waals surface area contributed by atoms with Crippen LogP contribution < -0.4 is 20.8 Å². The Morgan fingerprint density at radius 2 is 1.69 bits per heavy atom. The zero-order valence-corrected chi connectivity index (χ0v) is 21.3. The number of nitrogens with one attached hydrogen (secondary N) is 2. The molecule has 3 aliphatic rings. The minimum atomic E-state index is -0.224. The number of benzene rings is 1. The van der Waals surface area contributed by atoms with Crippen LogP contribution in [-0.2, 0) is 5.54 Å². The number of amides is 2. The second-order valence-corrected chi connectivity index (χ2v) is 10.6. The summed E-state index contributed by atoms with van der Waals surface area (Å²) in [4.78, 5) is 26.2. The van der Waals surface area contributed by atoms with Crippen LogP contribution in [0.3, 0.4) is 0 Å². The van der Waals surface area contributed by atoms with E-state index in [1.54, 1.807) is 22.3 Å². The molecule has 1 saturated heterocycles. The van der Waals surface area contributed by atoms with E-state index in [2.05, 4.69) is 84.0 Å². The molecule has 0 atom stereocenters. The Balaban J connectivity index is 1.29. The summed E-state index contributed by atoms with van der Waals surface area (Å²) >= 11 is 0. The fourth-order valence-electron chi connectivity index (χ4n) is 5.77. The van der Waals surface area contributed by atoms with Crippen LogP contribution in [0.1, 0.15) is 45.1 Å². The van der Waals surface area contributed by atoms with Gasteiger partial charge in [0.2, 0.25) is 5.95 Å². The summed E-state index contributed by atoms with van der Waals surface area (Å²) in [6.07, 6.45) is 9.31. The Kier molecular flexibility index (Phi) is 5.93. The number of urea groups is 1. The maximum Gasteiger partial charge on any atom is 0.322 e. The number of rotatable bonds is 5. The Hall–Kier alpha value is -3.17. The molecule has 1 aliphatic carbocycles. The van der Waals surface area contributed by atoms with E-state index in [9.17, 15) is 4.79 Å². The summed E-state index contributed by atoms with van der Waals surface area (Å²) in [5.74, 6) is 0.923. The predicted octanol–water partition coefficient (Wildman–Crippen LogP) is 3.44. The van der Waals surface area contributed by atoms with Gasteiger partial charge < -0.3 is 5.32 Å². The zero-order chi connectivity index (χ0) is 24.8. The summed E-state index contributed by atoms with van der Waals surface area (Å²) in [6.45, 7) is 4.93. The lowest BCUT2D eigenvalue weighted by atomic mass is 9.69. The van der Waals surface area contributed by atoms with E-state index in [4.69, 9.17) is 0 Å². The first-order chi connectivity index (χ1) is 16.7. The molecule has 2 amide bonds. The van der Waals surface area contributed by atoms with Crippen molar-refractivity contribution < 1.29 is 4.79 Å². The topological polar surface area (TPSA) is 79.9 Å². The third-order valence-electron chi connectivity index (χ3n) is 7.93. The monoisotopic (exact) mass is 476 g/mol. The SMILES string of the molecule is CC(C)C1=CN(c2ncc(N3C[C@]4(CC[C@](c5ccccc5)(N(C)C)CC4)NC3=O)cn2)NN1C. The van der Waals surface area contributed by atoms with Crippen LogP contribution in [0.15, 0.2) is 54.6 Å². The van der Waals surface area contributed by atoms with E-state index in [0.717, 1.165) is 37.1 Å². The number of carbonyl (C=O) groups excluding carboxylic acids is 1. The molecule has 9 nitrogen and oxygen atoms in total. The van der Waals surface area contributed by atoms with Crippen molar-refractivity contribution in [3.63, 3.8) is 0 Å². The van der Waals surface area contributed by atoms with Gasteiger partial charge in [-0.05, 0) is 51.3 Å². The number of allylic oxidation sites excluding steroid dienone is 1. The highest BCUT2D eigenvalue weighted by molar-refractivity contribution is 5.95. The predicted molar refractivity (Wildman–Crippen MR) is 137 cm³/mol. The van der Waals surface area contributed by atoms with E-state index in [-0.39, 0.29) is 17.1 Å². The van der Waals surface area contributed by atoms with Gasteiger partial charge in [0.05, 0.1) is 35.9 Å². The first kappa shape index (κ1) is 23.6. The lowest BCUT2D eigenvalue weighted by Gasteiger charge is -2.48. The molecule has 1 aromatic heterocycles. The van der Waals surface area contributed by atoms with Gasteiger partial charge in [0, 0.05) is 18.8 Å². The van der Waals surface area contributed by atoms with Crippen molar-refractivity contribution in [1.82, 2.24) is 30.7 Å². The third-order valence-corrected chi connectivity index (χ3v) is 7.93. The van der Waals surface area contributed by atoms with Crippen LogP contribution in [0.5, 0.6) is 0 Å². The summed E-state index contributed by atoms with van der Waals surface area (Å²) < 4.78 is 0. The maximum atomic E-state index is 13.0. The van der Waals surface area contributed by atoms with Crippen LogP contribution >= 0.6 is 0 Å². The van der Waals surface area contributed by atoms with Gasteiger partial charge in [0.15, 0.2) is 0 Å². The van der Waals surface area contributed by atoms with Crippen molar-refractivity contribution in [2.75, 3.05) is 37.6 Å². The van der Waals surface area contributed by atoms with Crippen molar-refractivity contribution in [3.05, 3.63) is 60.2 Å². The van der Waals surface area contributed by atoms with Crippen molar-refractivity contribution in [2.24, 2.45) is 5.92 Å². The number of anilines is 2. The van der Waals surface area contributed by atoms with Crippen LogP contribution in [0.2, 0.25) is 0 Å². The summed E-state index contributed by atoms with van der Waals surface area (Å²) in [7, 11) is 6.30. The summed E-state index contributed by atoms with van der Waals surface area (Å²) in [5.41, 5.74) is 6.22. The first-order valence-corrected chi connectivity index (χ1v) is 12.4. The summed E-state index contributed by atoms with van der Waals surface area (Å²) in [6, 6.07) is 10.7. The van der Waals surface area contributed by atoms with E-state index in [1.165, 1.54) is 5.56 Å². The normalized spacial score (nSPS) is 26.8. The highest BCUT2D eigenvalue weighted by Gasteiger charge is 2.50. The molecule has 2 aliphatic heterocycles. The molecule has 0 unspecified atom stereocenters. The van der Waals surface area contributed by atoms with Gasteiger partial charge in [-0.2, -0.15) is 0 Å². The lowest BCUT2D eigenvalue weighted by Crippen LogP contribution is -2.54. The molecule has 3 heterocycles. The van der Waals surface area contributed by atoms with Gasteiger partial charge >= 0.3 is 6.03 Å². The second-order valence-electron chi connectivity index (χ2n) is 10.6. The molecule has 2 aromatic rings. The molecule has 9 heteroatoms. The number of nitrogens with zero attached hydrogens (tertiary/aromatic N) is 6. The largest absolute Gasteiger partial charge is 0.330 e. The minimum absolute atomic E-state index is 0.00629. The molecule has 0 radical (unpaired) electrons. The van der Waals surface area contributed by atoms with Gasteiger partial charge in [-0.1, -0.05) is 44.2 Å². The Bertz CT molecular complexity index is 1090. The molecule has 2 N–H and O–H groups in total. The molecule has 1 spiro atoms. The lowest BCUT2D eigenvalue weighted by molar-refractivity contribution is 0.0658. The zero-order valence-electron chi connectivity index (χ0n) is 21.3. The molecular weight excluding hydrogens is 440 g/mol. The summed E-state index contributed by atoms with van der Waals surface area (Å²) in [5, 5.41) is 7.08. The average Bonchev–Trinajstić information content (AvgIpc) is 3.40. The van der Waals surface area contributed by atoms with E-state index in [1.807, 2.05) is 18.3 Å². The molecule has 35 heavy (non-hydrogen) atoms. The number of hydrogen-bond acceptors (Lipinski definition) is 7. The molecule has 5 rings (SSSR count). The van der Waals surface area contributed by atoms with Gasteiger partial charge in [-0.3, -0.25) is 14.8 Å². The number of carbonyl (C=O) groups is 1. The van der Waals surface area contributed by atoms with Crippen LogP contribution in [0, 0.1) is 5.92 Å². The molecule has 2 fully saturated rings. The van der Waals surface area contributed by atoms with Crippen LogP contribution in [-0.4, -0.2) is 59.1 Å². The van der Waals surface area contributed by atoms with Crippen molar-refractivity contribution in [2.45, 2.75) is 50.6 Å². The number of hydrazine groups is 2. The standard InChI is InChI=1S/C26H36N8O/c1-19(2)22-17-34(30-32(22)5)23-27-15-21(16-28-23)33-18-25(29-24(33)35)11-13-26(14-12-25,31(3)4)20-9-7-6-8-10-20/h6-10,15-17,19,30H,11-14,18H2,1-5H3,(H,29,35)/t25-,26+. The Morgan fingerprint density at radius 1 is 1.03 bits per heavy atom. The van der Waals surface area contributed by atoms with Gasteiger partial charge in [0.1, 0.15) is 0 Å². The molecule has 1 aromatic carbocycles. The van der Waals surface area contributed by atoms with Crippen molar-refractivity contribution in [3.8, 4) is 0 Å². The molecule has 0 bridgehead atoms. The van der Waals surface area contributed by atoms with E-state index >= 15 is 0 Å². The van der Waals surface area contributed by atoms with Crippen molar-refractivity contribution in [1.29, 1.82) is 0 Å². The Morgan fingerprint density at radius 3 is 2.26 bits per heavy atom. The molecule has 186 valence electrons. The van der Waals surface area contributed by atoms with Crippen molar-refractivity contribution >= 4 is 17.7 Å². The third kappa shape index (κ3) is 4.12. The number of hydrogen-bond donors (Lipinski definition) is 2.